The number of rotatable bonds is 10. The minimum atomic E-state index is -3.74. The normalized spacial score (nSPS) is 11.9. The molecule has 0 bridgehead atoms. The van der Waals surface area contributed by atoms with Gasteiger partial charge in [0.25, 0.3) is 0 Å². The van der Waals surface area contributed by atoms with Crippen molar-refractivity contribution in [3.8, 4) is 5.69 Å². The minimum absolute atomic E-state index is 0.0768. The topological polar surface area (TPSA) is 94.1 Å². The van der Waals surface area contributed by atoms with E-state index in [0.717, 1.165) is 48.8 Å². The number of aromatic nitrogens is 3. The number of benzene rings is 2. The highest BCUT2D eigenvalue weighted by Gasteiger charge is 2.16. The molecule has 0 fully saturated rings. The zero-order valence-corrected chi connectivity index (χ0v) is 18.3. The van der Waals surface area contributed by atoms with Gasteiger partial charge in [0.2, 0.25) is 10.0 Å². The molecule has 3 rings (SSSR count). The molecular weight excluding hydrogens is 398 g/mol. The maximum absolute atomic E-state index is 11.6. The summed E-state index contributed by atoms with van der Waals surface area (Å²) in [5.41, 5.74) is 1.89. The van der Waals surface area contributed by atoms with Crippen LogP contribution in [0, 0.1) is 0 Å². The summed E-state index contributed by atoms with van der Waals surface area (Å²) in [5.74, 6) is 1.57. The molecule has 0 aliphatic rings. The number of nitrogens with two attached hydrogens (primary N) is 1. The first-order valence-corrected chi connectivity index (χ1v) is 11.8. The Bertz CT molecular complexity index is 1050. The van der Waals surface area contributed by atoms with Crippen LogP contribution in [-0.4, -0.2) is 41.2 Å². The fourth-order valence-corrected chi connectivity index (χ4v) is 3.78. The van der Waals surface area contributed by atoms with Crippen LogP contribution in [0.15, 0.2) is 59.5 Å². The molecule has 2 aromatic carbocycles. The fourth-order valence-electron chi connectivity index (χ4n) is 3.27. The van der Waals surface area contributed by atoms with Crippen molar-refractivity contribution in [2.45, 2.75) is 44.6 Å². The summed E-state index contributed by atoms with van der Waals surface area (Å²) >= 11 is 0. The van der Waals surface area contributed by atoms with Crippen LogP contribution < -0.4 is 5.14 Å². The summed E-state index contributed by atoms with van der Waals surface area (Å²) < 4.78 is 24.9. The molecule has 3 aromatic rings. The lowest BCUT2D eigenvalue weighted by molar-refractivity contribution is 0.268. The lowest BCUT2D eigenvalue weighted by Gasteiger charge is -2.17. The maximum Gasteiger partial charge on any atom is 0.238 e. The van der Waals surface area contributed by atoms with Gasteiger partial charge in [-0.2, -0.15) is 0 Å². The van der Waals surface area contributed by atoms with Gasteiger partial charge in [0, 0.05) is 6.42 Å². The van der Waals surface area contributed by atoms with Crippen LogP contribution in [0.3, 0.4) is 0 Å². The highest BCUT2D eigenvalue weighted by molar-refractivity contribution is 7.89. The zero-order valence-electron chi connectivity index (χ0n) is 17.5. The second kappa shape index (κ2) is 9.97. The van der Waals surface area contributed by atoms with Crippen LogP contribution in [0.1, 0.15) is 43.9 Å². The summed E-state index contributed by atoms with van der Waals surface area (Å²) in [4.78, 5) is 7.23. The number of primary sulfonamides is 1. The SMILES string of the molecule is CCCCN(CC)Cc1nc(Cc2ccccc2)n(-c2ccc(S(N)(=O)=O)cc2)n1. The van der Waals surface area contributed by atoms with Crippen molar-refractivity contribution in [3.05, 3.63) is 71.8 Å². The van der Waals surface area contributed by atoms with Crippen LogP contribution in [0.2, 0.25) is 0 Å². The summed E-state index contributed by atoms with van der Waals surface area (Å²) in [6.45, 7) is 6.96. The van der Waals surface area contributed by atoms with E-state index in [2.05, 4.69) is 30.9 Å². The standard InChI is InChI=1S/C22H29N5O2S/c1-3-5-15-26(4-2)17-21-24-22(16-18-9-7-6-8-10-18)27(25-21)19-11-13-20(14-12-19)30(23,28)29/h6-14H,3-5,15-17H2,1-2H3,(H2,23,28,29). The molecular formula is C22H29N5O2S. The molecule has 30 heavy (non-hydrogen) atoms. The Labute approximate surface area is 178 Å². The van der Waals surface area contributed by atoms with Crippen molar-refractivity contribution >= 4 is 10.0 Å². The Hall–Kier alpha value is -2.55. The first kappa shape index (κ1) is 22.1. The molecule has 0 radical (unpaired) electrons. The zero-order chi connectivity index (χ0) is 21.6. The molecule has 2 N–H and O–H groups in total. The van der Waals surface area contributed by atoms with Crippen molar-refractivity contribution in [2.24, 2.45) is 5.14 Å². The van der Waals surface area contributed by atoms with Gasteiger partial charge in [-0.05, 0) is 49.3 Å². The largest absolute Gasteiger partial charge is 0.296 e. The van der Waals surface area contributed by atoms with Gasteiger partial charge >= 0.3 is 0 Å². The van der Waals surface area contributed by atoms with Gasteiger partial charge in [0.05, 0.1) is 17.1 Å². The first-order chi connectivity index (χ1) is 14.4. The molecule has 0 saturated heterocycles. The van der Waals surface area contributed by atoms with Crippen molar-refractivity contribution in [2.75, 3.05) is 13.1 Å². The van der Waals surface area contributed by atoms with Crippen LogP contribution in [-0.2, 0) is 23.0 Å². The van der Waals surface area contributed by atoms with Gasteiger partial charge < -0.3 is 0 Å². The second-order valence-corrected chi connectivity index (χ2v) is 8.84. The van der Waals surface area contributed by atoms with Gasteiger partial charge in [-0.1, -0.05) is 50.6 Å². The maximum atomic E-state index is 11.6. The van der Waals surface area contributed by atoms with E-state index < -0.39 is 10.0 Å². The minimum Gasteiger partial charge on any atom is -0.296 e. The predicted octanol–water partition coefficient (Wildman–Crippen LogP) is 3.13. The predicted molar refractivity (Wildman–Crippen MR) is 118 cm³/mol. The van der Waals surface area contributed by atoms with E-state index in [1.807, 2.05) is 18.2 Å². The average Bonchev–Trinajstić information content (AvgIpc) is 3.13. The van der Waals surface area contributed by atoms with E-state index in [1.54, 1.807) is 16.8 Å². The van der Waals surface area contributed by atoms with E-state index in [1.165, 1.54) is 12.1 Å². The monoisotopic (exact) mass is 427 g/mol. The quantitative estimate of drug-likeness (QED) is 0.536. The van der Waals surface area contributed by atoms with Gasteiger partial charge in [0.1, 0.15) is 5.82 Å². The molecule has 0 aliphatic heterocycles. The molecule has 0 unspecified atom stereocenters. The Morgan fingerprint density at radius 3 is 2.33 bits per heavy atom. The fraction of sp³-hybridized carbons (Fsp3) is 0.364. The third-order valence-electron chi connectivity index (χ3n) is 4.97. The highest BCUT2D eigenvalue weighted by Crippen LogP contribution is 2.17. The van der Waals surface area contributed by atoms with Crippen molar-refractivity contribution in [1.29, 1.82) is 0 Å². The summed E-state index contributed by atoms with van der Waals surface area (Å²) in [5, 5.41) is 9.97. The summed E-state index contributed by atoms with van der Waals surface area (Å²) in [7, 11) is -3.74. The number of hydrogen-bond acceptors (Lipinski definition) is 5. The molecule has 8 heteroatoms. The Kier molecular flexibility index (Phi) is 7.36. The van der Waals surface area contributed by atoms with Crippen LogP contribution in [0.4, 0.5) is 0 Å². The molecule has 0 saturated carbocycles. The Balaban J connectivity index is 1.93. The van der Waals surface area contributed by atoms with E-state index in [4.69, 9.17) is 15.2 Å². The molecule has 1 heterocycles. The number of unbranched alkanes of at least 4 members (excludes halogenated alkanes) is 1. The molecule has 1 aromatic heterocycles. The van der Waals surface area contributed by atoms with Gasteiger partial charge in [-0.25, -0.2) is 23.2 Å². The highest BCUT2D eigenvalue weighted by atomic mass is 32.2. The third-order valence-corrected chi connectivity index (χ3v) is 5.90. The van der Waals surface area contributed by atoms with E-state index in [9.17, 15) is 8.42 Å². The number of sulfonamides is 1. The Morgan fingerprint density at radius 2 is 1.73 bits per heavy atom. The van der Waals surface area contributed by atoms with Crippen molar-refractivity contribution in [1.82, 2.24) is 19.7 Å². The second-order valence-electron chi connectivity index (χ2n) is 7.28. The molecule has 0 aliphatic carbocycles. The average molecular weight is 428 g/mol. The lowest BCUT2D eigenvalue weighted by Crippen LogP contribution is -2.24. The van der Waals surface area contributed by atoms with Crippen LogP contribution in [0.5, 0.6) is 0 Å². The summed E-state index contributed by atoms with van der Waals surface area (Å²) in [6.07, 6.45) is 2.92. The van der Waals surface area contributed by atoms with E-state index in [0.29, 0.717) is 13.0 Å². The molecule has 0 atom stereocenters. The Morgan fingerprint density at radius 1 is 1.03 bits per heavy atom. The van der Waals surface area contributed by atoms with Gasteiger partial charge in [-0.15, -0.1) is 5.10 Å². The van der Waals surface area contributed by atoms with Gasteiger partial charge in [0.15, 0.2) is 5.82 Å². The van der Waals surface area contributed by atoms with Crippen molar-refractivity contribution < 1.29 is 8.42 Å². The van der Waals surface area contributed by atoms with Gasteiger partial charge in [-0.3, -0.25) is 4.90 Å². The van der Waals surface area contributed by atoms with Crippen LogP contribution in [0.25, 0.3) is 5.69 Å². The third kappa shape index (κ3) is 5.75. The first-order valence-electron chi connectivity index (χ1n) is 10.2. The number of hydrogen-bond donors (Lipinski definition) is 1. The van der Waals surface area contributed by atoms with Crippen molar-refractivity contribution in [3.63, 3.8) is 0 Å². The van der Waals surface area contributed by atoms with Crippen LogP contribution >= 0.6 is 0 Å². The molecule has 0 spiro atoms. The molecule has 7 nitrogen and oxygen atoms in total. The molecule has 160 valence electrons. The van der Waals surface area contributed by atoms with E-state index >= 15 is 0 Å². The molecule has 0 amide bonds. The number of nitrogens with zero attached hydrogens (tertiary/aromatic N) is 4. The van der Waals surface area contributed by atoms with E-state index in [-0.39, 0.29) is 4.90 Å². The summed E-state index contributed by atoms with van der Waals surface area (Å²) in [6, 6.07) is 16.5. The lowest BCUT2D eigenvalue weighted by atomic mass is 10.1. The smallest absolute Gasteiger partial charge is 0.238 e.